The molecule has 110 valence electrons. The van der Waals surface area contributed by atoms with Gasteiger partial charge in [0.1, 0.15) is 11.5 Å². The van der Waals surface area contributed by atoms with Gasteiger partial charge in [0, 0.05) is 23.8 Å². The summed E-state index contributed by atoms with van der Waals surface area (Å²) in [5.41, 5.74) is 7.66. The number of benzene rings is 1. The van der Waals surface area contributed by atoms with E-state index in [0.717, 1.165) is 15.6 Å². The molecule has 0 spiro atoms. The minimum atomic E-state index is -0.270. The summed E-state index contributed by atoms with van der Waals surface area (Å²) in [6.45, 7) is 1.07. The first kappa shape index (κ1) is 15.4. The van der Waals surface area contributed by atoms with Gasteiger partial charge in [-0.25, -0.2) is 4.39 Å². The van der Waals surface area contributed by atoms with Crippen LogP contribution in [0.2, 0.25) is 0 Å². The van der Waals surface area contributed by atoms with Crippen LogP contribution in [0.1, 0.15) is 16.8 Å². The maximum atomic E-state index is 13.2. The number of halogens is 2. The fourth-order valence-corrected chi connectivity index (χ4v) is 2.18. The molecule has 2 rings (SSSR count). The molecule has 1 aromatic heterocycles. The molecule has 0 aliphatic heterocycles. The molecule has 0 saturated heterocycles. The predicted molar refractivity (Wildman–Crippen MR) is 81.4 cm³/mol. The van der Waals surface area contributed by atoms with Crippen molar-refractivity contribution in [3.63, 3.8) is 0 Å². The molecule has 0 unspecified atom stereocenters. The summed E-state index contributed by atoms with van der Waals surface area (Å²) in [6, 6.07) is 8.10. The van der Waals surface area contributed by atoms with Crippen molar-refractivity contribution in [1.29, 1.82) is 0 Å². The number of amidine groups is 1. The highest BCUT2D eigenvalue weighted by atomic mass is 79.9. The van der Waals surface area contributed by atoms with Gasteiger partial charge in [0.2, 0.25) is 0 Å². The molecule has 0 radical (unpaired) electrons. The Morgan fingerprint density at radius 3 is 2.90 bits per heavy atom. The minimum Gasteiger partial charge on any atom is -0.409 e. The normalized spacial score (nSPS) is 11.6. The lowest BCUT2D eigenvalue weighted by molar-refractivity contribution is 0.318. The molecule has 7 heteroatoms. The molecule has 5 nitrogen and oxygen atoms in total. The number of pyridine rings is 1. The first-order valence-electron chi connectivity index (χ1n) is 6.17. The van der Waals surface area contributed by atoms with Crippen LogP contribution < -0.4 is 11.1 Å². The third-order valence-electron chi connectivity index (χ3n) is 2.85. The zero-order valence-electron chi connectivity index (χ0n) is 11.1. The van der Waals surface area contributed by atoms with Crippen LogP contribution in [0, 0.1) is 5.82 Å². The average Bonchev–Trinajstić information content (AvgIpc) is 2.50. The molecule has 4 N–H and O–H groups in total. The first-order chi connectivity index (χ1) is 10.1. The molecule has 0 aliphatic rings. The number of aromatic nitrogens is 1. The van der Waals surface area contributed by atoms with Gasteiger partial charge in [-0.15, -0.1) is 0 Å². The fourth-order valence-electron chi connectivity index (χ4n) is 1.80. The van der Waals surface area contributed by atoms with Gasteiger partial charge in [-0.3, -0.25) is 4.98 Å². The average molecular weight is 353 g/mol. The molecule has 1 aromatic carbocycles. The molecule has 0 amide bonds. The lowest BCUT2D eigenvalue weighted by Crippen LogP contribution is -2.17. The van der Waals surface area contributed by atoms with Gasteiger partial charge in [0.25, 0.3) is 0 Å². The summed E-state index contributed by atoms with van der Waals surface area (Å²) in [6.07, 6.45) is 1.59. The number of nitrogens with zero attached hydrogens (tertiary/aromatic N) is 2. The van der Waals surface area contributed by atoms with E-state index >= 15 is 0 Å². The molecule has 0 aliphatic carbocycles. The maximum Gasteiger partial charge on any atom is 0.188 e. The summed E-state index contributed by atoms with van der Waals surface area (Å²) in [4.78, 5) is 4.00. The van der Waals surface area contributed by atoms with Crippen LogP contribution in [0.3, 0.4) is 0 Å². The summed E-state index contributed by atoms with van der Waals surface area (Å²) in [5, 5.41) is 14.7. The smallest absolute Gasteiger partial charge is 0.188 e. The van der Waals surface area contributed by atoms with E-state index in [4.69, 9.17) is 10.9 Å². The predicted octanol–water partition coefficient (Wildman–Crippen LogP) is 2.37. The van der Waals surface area contributed by atoms with Crippen molar-refractivity contribution >= 4 is 21.8 Å². The summed E-state index contributed by atoms with van der Waals surface area (Å²) in [7, 11) is 0. The van der Waals surface area contributed by atoms with Crippen LogP contribution in [0.5, 0.6) is 0 Å². The van der Waals surface area contributed by atoms with Crippen molar-refractivity contribution in [3.8, 4) is 0 Å². The lowest BCUT2D eigenvalue weighted by atomic mass is 10.2. The number of nitrogens with two attached hydrogens (primary N) is 1. The van der Waals surface area contributed by atoms with Gasteiger partial charge in [0.15, 0.2) is 5.84 Å². The van der Waals surface area contributed by atoms with E-state index in [-0.39, 0.29) is 11.7 Å². The highest BCUT2D eigenvalue weighted by molar-refractivity contribution is 9.10. The minimum absolute atomic E-state index is 0.0373. The van der Waals surface area contributed by atoms with E-state index in [9.17, 15) is 4.39 Å². The molecule has 0 fully saturated rings. The SMILES string of the molecule is NC(=NO)c1cc(CNCc2cc(F)ccc2Br)ccn1. The van der Waals surface area contributed by atoms with E-state index in [1.807, 2.05) is 6.07 Å². The Morgan fingerprint density at radius 1 is 1.33 bits per heavy atom. The van der Waals surface area contributed by atoms with E-state index < -0.39 is 0 Å². The molecule has 0 atom stereocenters. The van der Waals surface area contributed by atoms with Crippen molar-refractivity contribution in [3.05, 3.63) is 63.6 Å². The zero-order chi connectivity index (χ0) is 15.2. The summed E-state index contributed by atoms with van der Waals surface area (Å²) in [5.74, 6) is -0.308. The Hall–Kier alpha value is -1.99. The van der Waals surface area contributed by atoms with Crippen LogP contribution in [-0.4, -0.2) is 16.0 Å². The maximum absolute atomic E-state index is 13.2. The van der Waals surface area contributed by atoms with Crippen molar-refractivity contribution in [2.75, 3.05) is 0 Å². The van der Waals surface area contributed by atoms with Crippen LogP contribution in [0.15, 0.2) is 46.2 Å². The highest BCUT2D eigenvalue weighted by Gasteiger charge is 2.04. The third-order valence-corrected chi connectivity index (χ3v) is 3.62. The van der Waals surface area contributed by atoms with Crippen LogP contribution in [-0.2, 0) is 13.1 Å². The molecular weight excluding hydrogens is 339 g/mol. The Labute approximate surface area is 129 Å². The van der Waals surface area contributed by atoms with Crippen LogP contribution in [0.25, 0.3) is 0 Å². The number of oxime groups is 1. The van der Waals surface area contributed by atoms with Gasteiger partial charge in [-0.05, 0) is 41.5 Å². The van der Waals surface area contributed by atoms with Gasteiger partial charge < -0.3 is 16.3 Å². The fraction of sp³-hybridized carbons (Fsp3) is 0.143. The number of hydrogen-bond acceptors (Lipinski definition) is 4. The third kappa shape index (κ3) is 4.24. The van der Waals surface area contributed by atoms with Gasteiger partial charge >= 0.3 is 0 Å². The Kier molecular flexibility index (Phi) is 5.24. The summed E-state index contributed by atoms with van der Waals surface area (Å²) < 4.78 is 14.0. The molecule has 1 heterocycles. The molecule has 0 saturated carbocycles. The second kappa shape index (κ2) is 7.14. The standard InChI is InChI=1S/C14H14BrFN4O/c15-12-2-1-11(16)6-10(12)8-18-7-9-3-4-19-13(5-9)14(17)20-21/h1-6,18,21H,7-8H2,(H2,17,20). The van der Waals surface area contributed by atoms with Gasteiger partial charge in [0.05, 0.1) is 0 Å². The summed E-state index contributed by atoms with van der Waals surface area (Å²) >= 11 is 3.38. The quantitative estimate of drug-likeness (QED) is 0.334. The van der Waals surface area contributed by atoms with E-state index in [1.165, 1.54) is 12.1 Å². The number of rotatable bonds is 5. The zero-order valence-corrected chi connectivity index (χ0v) is 12.6. The molecular formula is C14H14BrFN4O. The van der Waals surface area contributed by atoms with Crippen molar-refractivity contribution in [2.45, 2.75) is 13.1 Å². The van der Waals surface area contributed by atoms with Gasteiger partial charge in [-0.2, -0.15) is 0 Å². The van der Waals surface area contributed by atoms with Gasteiger partial charge in [-0.1, -0.05) is 21.1 Å². The molecule has 2 aromatic rings. The van der Waals surface area contributed by atoms with Crippen molar-refractivity contribution in [1.82, 2.24) is 10.3 Å². The Balaban J connectivity index is 1.99. The van der Waals surface area contributed by atoms with E-state index in [0.29, 0.717) is 18.8 Å². The topological polar surface area (TPSA) is 83.5 Å². The Morgan fingerprint density at radius 2 is 2.14 bits per heavy atom. The van der Waals surface area contributed by atoms with E-state index in [1.54, 1.807) is 18.3 Å². The van der Waals surface area contributed by atoms with Crippen LogP contribution in [0.4, 0.5) is 4.39 Å². The molecule has 0 bridgehead atoms. The second-order valence-electron chi connectivity index (χ2n) is 4.37. The first-order valence-corrected chi connectivity index (χ1v) is 6.97. The van der Waals surface area contributed by atoms with Crippen molar-refractivity contribution in [2.24, 2.45) is 10.9 Å². The van der Waals surface area contributed by atoms with E-state index in [2.05, 4.69) is 31.4 Å². The van der Waals surface area contributed by atoms with Crippen LogP contribution >= 0.6 is 15.9 Å². The van der Waals surface area contributed by atoms with Crippen molar-refractivity contribution < 1.29 is 9.60 Å². The lowest BCUT2D eigenvalue weighted by Gasteiger charge is -2.08. The Bertz CT molecular complexity index is 663. The number of hydrogen-bond donors (Lipinski definition) is 3. The number of nitrogens with one attached hydrogen (secondary N) is 1. The highest BCUT2D eigenvalue weighted by Crippen LogP contribution is 2.17. The monoisotopic (exact) mass is 352 g/mol. The largest absolute Gasteiger partial charge is 0.409 e. The molecule has 21 heavy (non-hydrogen) atoms. The second-order valence-corrected chi connectivity index (χ2v) is 5.23.